The predicted molar refractivity (Wildman–Crippen MR) is 98.1 cm³/mol. The largest absolute Gasteiger partial charge is 0.368 e. The minimum atomic E-state index is -0.0631. The molecule has 6 nitrogen and oxygen atoms in total. The van der Waals surface area contributed by atoms with Crippen LogP contribution in [0.15, 0.2) is 54.9 Å². The lowest BCUT2D eigenvalue weighted by molar-refractivity contribution is 0.0954. The molecule has 0 aliphatic heterocycles. The highest BCUT2D eigenvalue weighted by Gasteiger charge is 2.07. The summed E-state index contributed by atoms with van der Waals surface area (Å²) in [4.78, 5) is 21.0. The summed E-state index contributed by atoms with van der Waals surface area (Å²) in [5.74, 6) is 2.18. The topological polar surface area (TPSA) is 71.8 Å². The Hall–Kier alpha value is -3.15. The molecule has 0 fully saturated rings. The number of nitrogens with one attached hydrogen (secondary N) is 2. The molecule has 0 saturated heterocycles. The highest BCUT2D eigenvalue weighted by molar-refractivity contribution is 5.95. The standard InChI is InChI=1S/C19H21N5O/c1-14-7-3-4-8-16(14)19(25)21-10-9-20-17-13-18(23-15(2)22-17)24-11-5-6-12-24/h3-8,11-13H,9-10H2,1-2H3,(H,21,25)(H,20,22,23). The molecule has 6 heteroatoms. The molecule has 0 spiro atoms. The molecule has 0 unspecified atom stereocenters. The maximum Gasteiger partial charge on any atom is 0.251 e. The van der Waals surface area contributed by atoms with Crippen LogP contribution in [0.3, 0.4) is 0 Å². The van der Waals surface area contributed by atoms with E-state index in [-0.39, 0.29) is 5.91 Å². The Balaban J connectivity index is 1.56. The van der Waals surface area contributed by atoms with Crippen molar-refractivity contribution < 1.29 is 4.79 Å². The molecule has 1 amide bonds. The molecular weight excluding hydrogens is 314 g/mol. The van der Waals surface area contributed by atoms with Gasteiger partial charge in [-0.05, 0) is 37.6 Å². The molecule has 0 aliphatic rings. The summed E-state index contributed by atoms with van der Waals surface area (Å²) < 4.78 is 1.93. The Morgan fingerprint density at radius 1 is 1.04 bits per heavy atom. The van der Waals surface area contributed by atoms with Gasteiger partial charge in [-0.1, -0.05) is 18.2 Å². The molecule has 3 aromatic rings. The third kappa shape index (κ3) is 4.23. The smallest absolute Gasteiger partial charge is 0.251 e. The quantitative estimate of drug-likeness (QED) is 0.680. The van der Waals surface area contributed by atoms with Gasteiger partial charge in [0.05, 0.1) is 0 Å². The number of carbonyl (C=O) groups excluding carboxylic acids is 1. The second-order valence-corrected chi connectivity index (χ2v) is 5.75. The van der Waals surface area contributed by atoms with E-state index in [0.717, 1.165) is 17.2 Å². The molecule has 25 heavy (non-hydrogen) atoms. The lowest BCUT2D eigenvalue weighted by Gasteiger charge is -2.10. The number of benzene rings is 1. The van der Waals surface area contributed by atoms with E-state index in [0.29, 0.717) is 24.5 Å². The van der Waals surface area contributed by atoms with Crippen LogP contribution in [0, 0.1) is 13.8 Å². The second kappa shape index (κ2) is 7.61. The fourth-order valence-corrected chi connectivity index (χ4v) is 2.55. The molecule has 0 aliphatic carbocycles. The van der Waals surface area contributed by atoms with E-state index in [1.807, 2.05) is 73.3 Å². The molecule has 2 aromatic heterocycles. The summed E-state index contributed by atoms with van der Waals surface area (Å²) in [6, 6.07) is 13.3. The summed E-state index contributed by atoms with van der Waals surface area (Å²) in [6.45, 7) is 4.88. The zero-order valence-electron chi connectivity index (χ0n) is 14.4. The number of hydrogen-bond donors (Lipinski definition) is 2. The first-order valence-electron chi connectivity index (χ1n) is 8.20. The highest BCUT2D eigenvalue weighted by Crippen LogP contribution is 2.11. The van der Waals surface area contributed by atoms with Crippen LogP contribution in [-0.2, 0) is 0 Å². The van der Waals surface area contributed by atoms with Crippen molar-refractivity contribution in [2.75, 3.05) is 18.4 Å². The zero-order valence-corrected chi connectivity index (χ0v) is 14.4. The van der Waals surface area contributed by atoms with Gasteiger partial charge in [-0.15, -0.1) is 0 Å². The molecular formula is C19H21N5O. The van der Waals surface area contributed by atoms with Gasteiger partial charge < -0.3 is 15.2 Å². The summed E-state index contributed by atoms with van der Waals surface area (Å²) >= 11 is 0. The third-order valence-electron chi connectivity index (χ3n) is 3.80. The van der Waals surface area contributed by atoms with Gasteiger partial charge in [0.25, 0.3) is 5.91 Å². The van der Waals surface area contributed by atoms with E-state index in [9.17, 15) is 4.79 Å². The Morgan fingerprint density at radius 3 is 2.56 bits per heavy atom. The first kappa shape index (κ1) is 16.7. The van der Waals surface area contributed by atoms with Gasteiger partial charge in [0.15, 0.2) is 0 Å². The van der Waals surface area contributed by atoms with Crippen molar-refractivity contribution in [1.29, 1.82) is 0 Å². The van der Waals surface area contributed by atoms with Crippen molar-refractivity contribution in [1.82, 2.24) is 19.9 Å². The van der Waals surface area contributed by atoms with Gasteiger partial charge >= 0.3 is 0 Å². The van der Waals surface area contributed by atoms with Crippen LogP contribution in [0.2, 0.25) is 0 Å². The van der Waals surface area contributed by atoms with E-state index in [1.165, 1.54) is 0 Å². The minimum absolute atomic E-state index is 0.0631. The Morgan fingerprint density at radius 2 is 1.80 bits per heavy atom. The van der Waals surface area contributed by atoms with Crippen molar-refractivity contribution in [2.24, 2.45) is 0 Å². The van der Waals surface area contributed by atoms with Crippen LogP contribution in [0.25, 0.3) is 5.82 Å². The Labute approximate surface area is 146 Å². The molecule has 0 saturated carbocycles. The van der Waals surface area contributed by atoms with Gasteiger partial charge in [-0.3, -0.25) is 4.79 Å². The number of nitrogens with zero attached hydrogens (tertiary/aromatic N) is 3. The number of aryl methyl sites for hydroxylation is 2. The number of amides is 1. The fraction of sp³-hybridized carbons (Fsp3) is 0.211. The van der Waals surface area contributed by atoms with Crippen molar-refractivity contribution in [3.05, 3.63) is 71.8 Å². The van der Waals surface area contributed by atoms with Gasteiger partial charge in [0.2, 0.25) is 0 Å². The van der Waals surface area contributed by atoms with Crippen LogP contribution in [-0.4, -0.2) is 33.5 Å². The molecule has 0 atom stereocenters. The summed E-state index contributed by atoms with van der Waals surface area (Å²) in [5.41, 5.74) is 1.67. The number of rotatable bonds is 6. The normalized spacial score (nSPS) is 10.5. The van der Waals surface area contributed by atoms with Crippen LogP contribution in [0.5, 0.6) is 0 Å². The average Bonchev–Trinajstić information content (AvgIpc) is 3.13. The zero-order chi connectivity index (χ0) is 17.6. The maximum absolute atomic E-state index is 12.2. The highest BCUT2D eigenvalue weighted by atomic mass is 16.1. The summed E-state index contributed by atoms with van der Waals surface area (Å²) in [5, 5.41) is 6.15. The molecule has 2 heterocycles. The first-order chi connectivity index (χ1) is 12.1. The number of hydrogen-bond acceptors (Lipinski definition) is 4. The van der Waals surface area contributed by atoms with Gasteiger partial charge in [0.1, 0.15) is 17.5 Å². The van der Waals surface area contributed by atoms with E-state index in [4.69, 9.17) is 0 Å². The monoisotopic (exact) mass is 335 g/mol. The van der Waals surface area contributed by atoms with Gasteiger partial charge in [0, 0.05) is 37.1 Å². The molecule has 2 N–H and O–H groups in total. The lowest BCUT2D eigenvalue weighted by Crippen LogP contribution is -2.29. The van der Waals surface area contributed by atoms with Crippen LogP contribution in [0.4, 0.5) is 5.82 Å². The number of carbonyl (C=O) groups is 1. The Bertz CT molecular complexity index is 858. The summed E-state index contributed by atoms with van der Waals surface area (Å²) in [7, 11) is 0. The lowest BCUT2D eigenvalue weighted by atomic mass is 10.1. The van der Waals surface area contributed by atoms with Crippen LogP contribution < -0.4 is 10.6 Å². The fourth-order valence-electron chi connectivity index (χ4n) is 2.55. The average molecular weight is 335 g/mol. The molecule has 3 rings (SSSR count). The predicted octanol–water partition coefficient (Wildman–Crippen LogP) is 2.73. The third-order valence-corrected chi connectivity index (χ3v) is 3.80. The summed E-state index contributed by atoms with van der Waals surface area (Å²) in [6.07, 6.45) is 3.88. The maximum atomic E-state index is 12.2. The van der Waals surface area contributed by atoms with E-state index < -0.39 is 0 Å². The van der Waals surface area contributed by atoms with E-state index >= 15 is 0 Å². The van der Waals surface area contributed by atoms with Crippen LogP contribution in [0.1, 0.15) is 21.7 Å². The van der Waals surface area contributed by atoms with E-state index in [1.54, 1.807) is 0 Å². The minimum Gasteiger partial charge on any atom is -0.368 e. The molecule has 0 bridgehead atoms. The van der Waals surface area contributed by atoms with E-state index in [2.05, 4.69) is 20.6 Å². The van der Waals surface area contributed by atoms with Gasteiger partial charge in [-0.25, -0.2) is 9.97 Å². The molecule has 0 radical (unpaired) electrons. The molecule has 128 valence electrons. The molecule has 1 aromatic carbocycles. The van der Waals surface area contributed by atoms with Gasteiger partial charge in [-0.2, -0.15) is 0 Å². The van der Waals surface area contributed by atoms with Crippen molar-refractivity contribution in [2.45, 2.75) is 13.8 Å². The Kier molecular flexibility index (Phi) is 5.09. The second-order valence-electron chi connectivity index (χ2n) is 5.75. The van der Waals surface area contributed by atoms with Crippen molar-refractivity contribution >= 4 is 11.7 Å². The number of aromatic nitrogens is 3. The van der Waals surface area contributed by atoms with Crippen molar-refractivity contribution in [3.8, 4) is 5.82 Å². The first-order valence-corrected chi connectivity index (χ1v) is 8.20. The number of anilines is 1. The SMILES string of the molecule is Cc1nc(NCCNC(=O)c2ccccc2C)cc(-n2cccc2)n1. The van der Waals surface area contributed by atoms with Crippen molar-refractivity contribution in [3.63, 3.8) is 0 Å². The van der Waals surface area contributed by atoms with Crippen LogP contribution >= 0.6 is 0 Å².